The molecule has 0 saturated heterocycles. The van der Waals surface area contributed by atoms with Crippen LogP contribution in [0, 0.1) is 0 Å². The van der Waals surface area contributed by atoms with E-state index in [9.17, 15) is 0 Å². The number of nitrogens with zero attached hydrogens (tertiary/aromatic N) is 5. The lowest BCUT2D eigenvalue weighted by Crippen LogP contribution is -2.01. The lowest BCUT2D eigenvalue weighted by atomic mass is 9.98. The Balaban J connectivity index is 1.22. The van der Waals surface area contributed by atoms with Crippen molar-refractivity contribution in [1.29, 1.82) is 0 Å². The van der Waals surface area contributed by atoms with Crippen LogP contribution in [-0.4, -0.2) is 24.5 Å². The second-order valence-electron chi connectivity index (χ2n) is 12.7. The molecule has 0 radical (unpaired) electrons. The zero-order chi connectivity index (χ0) is 33.7. The summed E-state index contributed by atoms with van der Waals surface area (Å²) in [6.45, 7) is 0. The smallest absolute Gasteiger partial charge is 0.164 e. The Morgan fingerprint density at radius 1 is 0.314 bits per heavy atom. The van der Waals surface area contributed by atoms with Gasteiger partial charge in [0.1, 0.15) is 0 Å². The van der Waals surface area contributed by atoms with Crippen molar-refractivity contribution >= 4 is 43.5 Å². The van der Waals surface area contributed by atoms with Gasteiger partial charge in [0.2, 0.25) is 0 Å². The van der Waals surface area contributed by atoms with Crippen molar-refractivity contribution in [2.75, 3.05) is 0 Å². The molecule has 0 unspecified atom stereocenters. The monoisotopic (exact) mass is 651 g/mol. The Morgan fingerprint density at radius 2 is 0.863 bits per heavy atom. The largest absolute Gasteiger partial charge is 0.309 e. The van der Waals surface area contributed by atoms with Gasteiger partial charge < -0.3 is 4.57 Å². The van der Waals surface area contributed by atoms with Gasteiger partial charge in [-0.3, -0.25) is 0 Å². The van der Waals surface area contributed by atoms with E-state index in [1.807, 2.05) is 66.7 Å². The average Bonchev–Trinajstić information content (AvgIpc) is 3.54. The summed E-state index contributed by atoms with van der Waals surface area (Å²) in [5.74, 6) is 1.90. The van der Waals surface area contributed by atoms with Gasteiger partial charge >= 0.3 is 0 Å². The summed E-state index contributed by atoms with van der Waals surface area (Å²) in [6.07, 6.45) is 0. The van der Waals surface area contributed by atoms with Crippen molar-refractivity contribution in [2.45, 2.75) is 0 Å². The van der Waals surface area contributed by atoms with Crippen molar-refractivity contribution in [2.24, 2.45) is 0 Å². The number of rotatable bonds is 5. The second-order valence-corrected chi connectivity index (χ2v) is 12.7. The van der Waals surface area contributed by atoms with E-state index in [2.05, 4.69) is 114 Å². The van der Waals surface area contributed by atoms with Crippen LogP contribution in [0.3, 0.4) is 0 Å². The van der Waals surface area contributed by atoms with Gasteiger partial charge in [-0.2, -0.15) is 0 Å². The molecule has 10 aromatic rings. The molecule has 10 rings (SSSR count). The zero-order valence-electron chi connectivity index (χ0n) is 27.5. The molecule has 0 bridgehead atoms. The highest BCUT2D eigenvalue weighted by molar-refractivity contribution is 6.20. The number of fused-ring (bicyclic) bond motifs is 6. The van der Waals surface area contributed by atoms with Crippen LogP contribution in [0.2, 0.25) is 0 Å². The van der Waals surface area contributed by atoms with Crippen LogP contribution in [0.25, 0.3) is 94.6 Å². The molecule has 238 valence electrons. The highest BCUT2D eigenvalue weighted by Crippen LogP contribution is 2.40. The first-order valence-electron chi connectivity index (χ1n) is 17.1. The van der Waals surface area contributed by atoms with Gasteiger partial charge in [-0.1, -0.05) is 140 Å². The average molecular weight is 652 g/mol. The quantitative estimate of drug-likeness (QED) is 0.174. The van der Waals surface area contributed by atoms with Crippen molar-refractivity contribution in [1.82, 2.24) is 24.5 Å². The van der Waals surface area contributed by atoms with E-state index in [0.717, 1.165) is 61.0 Å². The lowest BCUT2D eigenvalue weighted by molar-refractivity contribution is 1.07. The van der Waals surface area contributed by atoms with Crippen LogP contribution >= 0.6 is 0 Å². The first-order valence-corrected chi connectivity index (χ1v) is 17.1. The molecule has 5 heteroatoms. The molecule has 0 saturated carbocycles. The minimum Gasteiger partial charge on any atom is -0.309 e. The summed E-state index contributed by atoms with van der Waals surface area (Å²) in [6, 6.07) is 60.9. The molecule has 51 heavy (non-hydrogen) atoms. The molecule has 0 N–H and O–H groups in total. The molecule has 0 aliphatic heterocycles. The maximum atomic E-state index is 5.23. The van der Waals surface area contributed by atoms with Gasteiger partial charge in [0, 0.05) is 49.5 Å². The standard InChI is InChI=1S/C46H29N5/c1-4-15-30(16-5-1)43-39-29-42-38(28-37(39)35-23-10-12-25-40(35)47-43)36-24-11-13-26-41(36)51(42)34-22-14-21-33(27-34)46-49-44(31-17-6-2-7-18-31)48-45(50-46)32-19-8-3-9-20-32/h1-29H. The molecule has 0 aliphatic carbocycles. The minimum atomic E-state index is 0.623. The van der Waals surface area contributed by atoms with Crippen LogP contribution in [0.1, 0.15) is 0 Å². The molecule has 0 aliphatic rings. The zero-order valence-corrected chi connectivity index (χ0v) is 27.5. The van der Waals surface area contributed by atoms with Crippen LogP contribution < -0.4 is 0 Å². The van der Waals surface area contributed by atoms with E-state index in [0.29, 0.717) is 17.5 Å². The van der Waals surface area contributed by atoms with Crippen LogP contribution in [0.15, 0.2) is 176 Å². The van der Waals surface area contributed by atoms with Gasteiger partial charge in [-0.15, -0.1) is 0 Å². The Hall–Kier alpha value is -6.98. The highest BCUT2D eigenvalue weighted by Gasteiger charge is 2.19. The van der Waals surface area contributed by atoms with Gasteiger partial charge in [0.25, 0.3) is 0 Å². The van der Waals surface area contributed by atoms with Gasteiger partial charge in [0.05, 0.1) is 22.2 Å². The first-order chi connectivity index (χ1) is 25.3. The Kier molecular flexibility index (Phi) is 6.74. The van der Waals surface area contributed by atoms with E-state index in [-0.39, 0.29) is 0 Å². The Labute approximate surface area is 294 Å². The van der Waals surface area contributed by atoms with E-state index in [1.54, 1.807) is 0 Å². The molecular formula is C46H29N5. The maximum Gasteiger partial charge on any atom is 0.164 e. The van der Waals surface area contributed by atoms with Crippen molar-refractivity contribution < 1.29 is 0 Å². The SMILES string of the molecule is c1ccc(-c2nc(-c3ccccc3)nc(-c3cccc(-n4c5ccccc5c5cc6c(cc54)c(-c4ccccc4)nc4ccccc46)c3)n2)cc1. The Bertz CT molecular complexity index is 2840. The fraction of sp³-hybridized carbons (Fsp3) is 0. The van der Waals surface area contributed by atoms with E-state index >= 15 is 0 Å². The predicted octanol–water partition coefficient (Wildman–Crippen LogP) is 11.3. The molecule has 0 spiro atoms. The van der Waals surface area contributed by atoms with Crippen LogP contribution in [0.5, 0.6) is 0 Å². The number of hydrogen-bond acceptors (Lipinski definition) is 4. The summed E-state index contributed by atoms with van der Waals surface area (Å²) >= 11 is 0. The van der Waals surface area contributed by atoms with E-state index in [4.69, 9.17) is 19.9 Å². The molecular weight excluding hydrogens is 623 g/mol. The molecule has 5 nitrogen and oxygen atoms in total. The highest BCUT2D eigenvalue weighted by atomic mass is 15.0. The van der Waals surface area contributed by atoms with E-state index in [1.165, 1.54) is 16.2 Å². The number of hydrogen-bond donors (Lipinski definition) is 0. The fourth-order valence-electron chi connectivity index (χ4n) is 7.23. The molecule has 7 aromatic carbocycles. The first kappa shape index (κ1) is 29.0. The number of para-hydroxylation sites is 2. The number of pyridine rings is 1. The number of benzene rings is 7. The number of aromatic nitrogens is 5. The van der Waals surface area contributed by atoms with Crippen molar-refractivity contribution in [3.63, 3.8) is 0 Å². The summed E-state index contributed by atoms with van der Waals surface area (Å²) in [5, 5.41) is 5.84. The van der Waals surface area contributed by atoms with Crippen LogP contribution in [0.4, 0.5) is 0 Å². The molecule has 0 fully saturated rings. The summed E-state index contributed by atoms with van der Waals surface area (Å²) in [7, 11) is 0. The van der Waals surface area contributed by atoms with E-state index < -0.39 is 0 Å². The normalized spacial score (nSPS) is 11.5. The lowest BCUT2D eigenvalue weighted by Gasteiger charge is -2.13. The predicted molar refractivity (Wildman–Crippen MR) is 209 cm³/mol. The molecule has 0 atom stereocenters. The van der Waals surface area contributed by atoms with Crippen LogP contribution in [-0.2, 0) is 0 Å². The van der Waals surface area contributed by atoms with Crippen molar-refractivity contribution in [3.8, 4) is 51.1 Å². The fourth-order valence-corrected chi connectivity index (χ4v) is 7.23. The van der Waals surface area contributed by atoms with Crippen molar-refractivity contribution in [3.05, 3.63) is 176 Å². The second kappa shape index (κ2) is 11.9. The summed E-state index contributed by atoms with van der Waals surface area (Å²) < 4.78 is 2.36. The maximum absolute atomic E-state index is 5.23. The molecule has 0 amide bonds. The van der Waals surface area contributed by atoms with Gasteiger partial charge in [0.15, 0.2) is 17.5 Å². The topological polar surface area (TPSA) is 56.5 Å². The third-order valence-corrected chi connectivity index (χ3v) is 9.60. The third-order valence-electron chi connectivity index (χ3n) is 9.60. The third kappa shape index (κ3) is 4.94. The summed E-state index contributed by atoms with van der Waals surface area (Å²) in [4.78, 5) is 20.2. The summed E-state index contributed by atoms with van der Waals surface area (Å²) in [5.41, 5.74) is 9.12. The Morgan fingerprint density at radius 3 is 1.55 bits per heavy atom. The molecule has 3 heterocycles. The van der Waals surface area contributed by atoms with Gasteiger partial charge in [-0.25, -0.2) is 19.9 Å². The van der Waals surface area contributed by atoms with Gasteiger partial charge in [-0.05, 0) is 41.8 Å². The minimum absolute atomic E-state index is 0.623. The molecule has 3 aromatic heterocycles.